The number of nitrogens with zero attached hydrogens (tertiary/aromatic N) is 1. The van der Waals surface area contributed by atoms with Crippen LogP contribution in [0.3, 0.4) is 0 Å². The third-order valence-corrected chi connectivity index (χ3v) is 4.52. The van der Waals surface area contributed by atoms with Gasteiger partial charge in [0.2, 0.25) is 10.0 Å². The predicted octanol–water partition coefficient (Wildman–Crippen LogP) is 1.07. The molecule has 6 nitrogen and oxygen atoms in total. The molecule has 0 radical (unpaired) electrons. The van der Waals surface area contributed by atoms with E-state index in [1.165, 1.54) is 0 Å². The van der Waals surface area contributed by atoms with Crippen molar-refractivity contribution in [2.24, 2.45) is 0 Å². The highest BCUT2D eigenvalue weighted by molar-refractivity contribution is 7.89. The Labute approximate surface area is 125 Å². The summed E-state index contributed by atoms with van der Waals surface area (Å²) in [6.07, 6.45) is 0.677. The summed E-state index contributed by atoms with van der Waals surface area (Å²) >= 11 is 0. The van der Waals surface area contributed by atoms with Crippen molar-refractivity contribution in [3.8, 4) is 0 Å². The van der Waals surface area contributed by atoms with Crippen LogP contribution in [0, 0.1) is 6.92 Å². The van der Waals surface area contributed by atoms with Crippen LogP contribution in [0.25, 0.3) is 0 Å². The number of aryl methyl sites for hydroxylation is 1. The van der Waals surface area contributed by atoms with Crippen LogP contribution in [0.4, 0.5) is 0 Å². The van der Waals surface area contributed by atoms with E-state index in [0.717, 1.165) is 5.56 Å². The molecule has 0 atom stereocenters. The van der Waals surface area contributed by atoms with Crippen molar-refractivity contribution in [3.05, 3.63) is 29.8 Å². The van der Waals surface area contributed by atoms with Crippen LogP contribution >= 0.6 is 0 Å². The third kappa shape index (κ3) is 6.70. The minimum atomic E-state index is -3.48. The molecular formula is C14H22N2O4S. The number of likely N-dealkylation sites (N-methyl/N-ethyl adjacent to an activating group) is 1. The van der Waals surface area contributed by atoms with Crippen molar-refractivity contribution in [3.63, 3.8) is 0 Å². The van der Waals surface area contributed by atoms with Gasteiger partial charge in [-0.3, -0.25) is 4.79 Å². The minimum absolute atomic E-state index is 0.124. The van der Waals surface area contributed by atoms with Gasteiger partial charge in [-0.15, -0.1) is 0 Å². The maximum absolute atomic E-state index is 12.0. The Hall–Kier alpha value is -1.44. The zero-order valence-corrected chi connectivity index (χ0v) is 13.2. The summed E-state index contributed by atoms with van der Waals surface area (Å²) in [5.74, 6) is -0.816. The van der Waals surface area contributed by atoms with Crippen molar-refractivity contribution in [2.75, 3.05) is 26.7 Å². The highest BCUT2D eigenvalue weighted by Gasteiger charge is 2.13. The van der Waals surface area contributed by atoms with Gasteiger partial charge in [-0.1, -0.05) is 17.7 Å². The number of nitrogens with one attached hydrogen (secondary N) is 1. The molecule has 7 heteroatoms. The Morgan fingerprint density at radius 1 is 1.24 bits per heavy atom. The molecule has 0 fully saturated rings. The standard InChI is InChI=1S/C14H22N2O4S/c1-12-5-7-13(8-6-12)21(19,20)15-9-11-16(2)10-3-4-14(17)18/h5-8,15H,3-4,9-11H2,1-2H3,(H,17,18). The zero-order valence-electron chi connectivity index (χ0n) is 12.4. The summed E-state index contributed by atoms with van der Waals surface area (Å²) < 4.78 is 26.6. The molecule has 1 aromatic rings. The molecule has 0 unspecified atom stereocenters. The summed E-state index contributed by atoms with van der Waals surface area (Å²) in [7, 11) is -1.64. The average molecular weight is 314 g/mol. The van der Waals surface area contributed by atoms with Gasteiger partial charge >= 0.3 is 5.97 Å². The van der Waals surface area contributed by atoms with Gasteiger partial charge in [0, 0.05) is 19.5 Å². The van der Waals surface area contributed by atoms with Crippen LogP contribution in [-0.4, -0.2) is 51.1 Å². The number of aliphatic carboxylic acids is 1. The molecule has 0 amide bonds. The van der Waals surface area contributed by atoms with Crippen LogP contribution in [0.2, 0.25) is 0 Å². The van der Waals surface area contributed by atoms with Gasteiger partial charge in [-0.25, -0.2) is 13.1 Å². The SMILES string of the molecule is Cc1ccc(S(=O)(=O)NCCN(C)CCCC(=O)O)cc1. The van der Waals surface area contributed by atoms with E-state index in [-0.39, 0.29) is 11.3 Å². The molecule has 0 saturated carbocycles. The quantitative estimate of drug-likeness (QED) is 0.712. The van der Waals surface area contributed by atoms with Gasteiger partial charge < -0.3 is 10.0 Å². The van der Waals surface area contributed by atoms with E-state index in [2.05, 4.69) is 4.72 Å². The average Bonchev–Trinajstić information content (AvgIpc) is 2.38. The highest BCUT2D eigenvalue weighted by Crippen LogP contribution is 2.09. The Bertz CT molecular complexity index is 555. The molecule has 1 rings (SSSR count). The van der Waals surface area contributed by atoms with Gasteiger partial charge in [0.15, 0.2) is 0 Å². The number of carboxylic acid groups (broad SMARTS) is 1. The molecule has 0 heterocycles. The molecule has 1 aromatic carbocycles. The third-order valence-electron chi connectivity index (χ3n) is 3.05. The molecule has 0 spiro atoms. The van der Waals surface area contributed by atoms with E-state index in [9.17, 15) is 13.2 Å². The first kappa shape index (κ1) is 17.6. The van der Waals surface area contributed by atoms with Crippen LogP contribution in [0.5, 0.6) is 0 Å². The lowest BCUT2D eigenvalue weighted by Gasteiger charge is -2.16. The van der Waals surface area contributed by atoms with Crippen LogP contribution in [0.15, 0.2) is 29.2 Å². The number of carbonyl (C=O) groups is 1. The normalized spacial score (nSPS) is 11.8. The lowest BCUT2D eigenvalue weighted by molar-refractivity contribution is -0.137. The fourth-order valence-electron chi connectivity index (χ4n) is 1.78. The molecule has 0 bridgehead atoms. The monoisotopic (exact) mass is 314 g/mol. The zero-order chi connectivity index (χ0) is 15.9. The van der Waals surface area contributed by atoms with E-state index in [4.69, 9.17) is 5.11 Å². The fraction of sp³-hybridized carbons (Fsp3) is 0.500. The Morgan fingerprint density at radius 2 is 1.86 bits per heavy atom. The highest BCUT2D eigenvalue weighted by atomic mass is 32.2. The number of hydrogen-bond acceptors (Lipinski definition) is 4. The van der Waals surface area contributed by atoms with E-state index in [1.807, 2.05) is 18.9 Å². The first-order valence-electron chi connectivity index (χ1n) is 6.78. The lowest BCUT2D eigenvalue weighted by atomic mass is 10.2. The number of rotatable bonds is 9. The van der Waals surface area contributed by atoms with E-state index < -0.39 is 16.0 Å². The van der Waals surface area contributed by atoms with Crippen molar-refractivity contribution in [1.82, 2.24) is 9.62 Å². The van der Waals surface area contributed by atoms with Crippen molar-refractivity contribution in [2.45, 2.75) is 24.7 Å². The molecule has 118 valence electrons. The molecule has 2 N–H and O–H groups in total. The second-order valence-corrected chi connectivity index (χ2v) is 6.78. The second-order valence-electron chi connectivity index (χ2n) is 5.01. The Morgan fingerprint density at radius 3 is 2.43 bits per heavy atom. The predicted molar refractivity (Wildman–Crippen MR) is 80.7 cm³/mol. The van der Waals surface area contributed by atoms with E-state index in [1.54, 1.807) is 24.3 Å². The molecule has 0 aliphatic heterocycles. The van der Waals surface area contributed by atoms with Gasteiger partial charge in [0.05, 0.1) is 4.90 Å². The molecule has 0 aliphatic rings. The molecule has 21 heavy (non-hydrogen) atoms. The first-order valence-corrected chi connectivity index (χ1v) is 8.26. The summed E-state index contributed by atoms with van der Waals surface area (Å²) in [4.78, 5) is 12.6. The molecule has 0 aromatic heterocycles. The maximum atomic E-state index is 12.0. The number of benzene rings is 1. The topological polar surface area (TPSA) is 86.7 Å². The second kappa shape index (κ2) is 8.11. The van der Waals surface area contributed by atoms with E-state index in [0.29, 0.717) is 26.1 Å². The summed E-state index contributed by atoms with van der Waals surface area (Å²) in [6.45, 7) is 3.35. The smallest absolute Gasteiger partial charge is 0.303 e. The summed E-state index contributed by atoms with van der Waals surface area (Å²) in [6, 6.07) is 6.67. The molecule has 0 saturated heterocycles. The summed E-state index contributed by atoms with van der Waals surface area (Å²) in [5.41, 5.74) is 1.01. The first-order chi connectivity index (χ1) is 9.81. The van der Waals surface area contributed by atoms with Gasteiger partial charge in [0.25, 0.3) is 0 Å². The van der Waals surface area contributed by atoms with Crippen LogP contribution in [0.1, 0.15) is 18.4 Å². The summed E-state index contributed by atoms with van der Waals surface area (Å²) in [5, 5.41) is 8.54. The Kier molecular flexibility index (Phi) is 6.80. The van der Waals surface area contributed by atoms with Crippen LogP contribution < -0.4 is 4.72 Å². The maximum Gasteiger partial charge on any atom is 0.303 e. The number of hydrogen-bond donors (Lipinski definition) is 2. The number of carboxylic acids is 1. The molecule has 0 aliphatic carbocycles. The lowest BCUT2D eigenvalue weighted by Crippen LogP contribution is -2.33. The Balaban J connectivity index is 2.37. The number of sulfonamides is 1. The van der Waals surface area contributed by atoms with Gasteiger partial charge in [-0.2, -0.15) is 0 Å². The fourth-order valence-corrected chi connectivity index (χ4v) is 2.80. The minimum Gasteiger partial charge on any atom is -0.481 e. The molecular weight excluding hydrogens is 292 g/mol. The van der Waals surface area contributed by atoms with Crippen molar-refractivity contribution in [1.29, 1.82) is 0 Å². The van der Waals surface area contributed by atoms with Crippen LogP contribution in [-0.2, 0) is 14.8 Å². The van der Waals surface area contributed by atoms with Gasteiger partial charge in [0.1, 0.15) is 0 Å². The van der Waals surface area contributed by atoms with Crippen molar-refractivity contribution < 1.29 is 18.3 Å². The van der Waals surface area contributed by atoms with E-state index >= 15 is 0 Å². The van der Waals surface area contributed by atoms with Crippen molar-refractivity contribution >= 4 is 16.0 Å². The van der Waals surface area contributed by atoms with Gasteiger partial charge in [-0.05, 0) is 39.1 Å². The largest absolute Gasteiger partial charge is 0.481 e.